The summed E-state index contributed by atoms with van der Waals surface area (Å²) in [5, 5.41) is 3.80. The predicted octanol–water partition coefficient (Wildman–Crippen LogP) is 2.71. The van der Waals surface area contributed by atoms with Crippen molar-refractivity contribution in [2.24, 2.45) is 5.73 Å². The average molecular weight is 331 g/mol. The highest BCUT2D eigenvalue weighted by atomic mass is 19.3. The Bertz CT molecular complexity index is 557. The molecule has 6 nitrogen and oxygen atoms in total. The lowest BCUT2D eigenvalue weighted by molar-refractivity contribution is -0.154. The van der Waals surface area contributed by atoms with Crippen molar-refractivity contribution >= 4 is 5.97 Å². The molecule has 0 aliphatic heterocycles. The van der Waals surface area contributed by atoms with E-state index in [1.807, 2.05) is 0 Å². The Morgan fingerprint density at radius 1 is 1.30 bits per heavy atom. The van der Waals surface area contributed by atoms with Gasteiger partial charge in [-0.1, -0.05) is 5.16 Å². The molecule has 0 atom stereocenters. The normalized spacial score (nSPS) is 20.3. The van der Waals surface area contributed by atoms with Crippen LogP contribution >= 0.6 is 0 Å². The molecule has 8 heteroatoms. The quantitative estimate of drug-likeness (QED) is 0.853. The van der Waals surface area contributed by atoms with Crippen molar-refractivity contribution in [1.29, 1.82) is 0 Å². The number of carbonyl (C=O) groups excluding carboxylic acids is 1. The molecule has 1 aromatic heterocycles. The van der Waals surface area contributed by atoms with Gasteiger partial charge in [0, 0.05) is 19.3 Å². The van der Waals surface area contributed by atoms with Crippen LogP contribution in [0.5, 0.6) is 0 Å². The third-order valence-corrected chi connectivity index (χ3v) is 3.75. The van der Waals surface area contributed by atoms with Gasteiger partial charge < -0.3 is 15.0 Å². The van der Waals surface area contributed by atoms with E-state index in [0.717, 1.165) is 0 Å². The summed E-state index contributed by atoms with van der Waals surface area (Å²) < 4.78 is 36.8. The second-order valence-electron chi connectivity index (χ2n) is 7.11. The number of nitrogens with two attached hydrogens (primary N) is 1. The van der Waals surface area contributed by atoms with Crippen LogP contribution in [0.3, 0.4) is 0 Å². The van der Waals surface area contributed by atoms with Gasteiger partial charge in [0.05, 0.1) is 12.0 Å². The van der Waals surface area contributed by atoms with Crippen LogP contribution in [0.15, 0.2) is 4.52 Å². The van der Waals surface area contributed by atoms with Crippen LogP contribution in [0.1, 0.15) is 64.6 Å². The molecule has 0 spiro atoms. The van der Waals surface area contributed by atoms with Crippen LogP contribution in [0.2, 0.25) is 0 Å². The number of carbonyl (C=O) groups is 1. The molecule has 2 rings (SSSR count). The standard InChI is InChI=1S/C15H23F2N3O3/c1-13(2,3)22-11(21)5-4-10-19-12(20-23-10)14(18)6-8-15(16,17)9-7-14/h4-9,18H2,1-3H3. The van der Waals surface area contributed by atoms with Gasteiger partial charge >= 0.3 is 5.97 Å². The lowest BCUT2D eigenvalue weighted by Crippen LogP contribution is -2.44. The largest absolute Gasteiger partial charge is 0.460 e. The molecule has 1 heterocycles. The first-order valence-corrected chi connectivity index (χ1v) is 7.71. The van der Waals surface area contributed by atoms with Gasteiger partial charge in [-0.25, -0.2) is 8.78 Å². The maximum absolute atomic E-state index is 13.2. The number of nitrogens with zero attached hydrogens (tertiary/aromatic N) is 2. The summed E-state index contributed by atoms with van der Waals surface area (Å²) in [6.45, 7) is 5.35. The molecule has 1 saturated carbocycles. The Kier molecular flexibility index (Phi) is 4.75. The monoisotopic (exact) mass is 331 g/mol. The summed E-state index contributed by atoms with van der Waals surface area (Å²) in [7, 11) is 0. The van der Waals surface area contributed by atoms with Gasteiger partial charge in [-0.05, 0) is 33.6 Å². The van der Waals surface area contributed by atoms with Gasteiger partial charge in [0.2, 0.25) is 11.8 Å². The lowest BCUT2D eigenvalue weighted by atomic mass is 9.80. The lowest BCUT2D eigenvalue weighted by Gasteiger charge is -2.34. The Morgan fingerprint density at radius 2 is 1.91 bits per heavy atom. The van der Waals surface area contributed by atoms with Crippen LogP contribution in [-0.4, -0.2) is 27.6 Å². The minimum Gasteiger partial charge on any atom is -0.460 e. The van der Waals surface area contributed by atoms with Crippen LogP contribution in [0.25, 0.3) is 0 Å². The van der Waals surface area contributed by atoms with Gasteiger partial charge in [-0.2, -0.15) is 4.98 Å². The van der Waals surface area contributed by atoms with E-state index in [1.54, 1.807) is 20.8 Å². The Hall–Kier alpha value is -1.57. The molecule has 23 heavy (non-hydrogen) atoms. The van der Waals surface area contributed by atoms with Crippen molar-refractivity contribution < 1.29 is 22.8 Å². The van der Waals surface area contributed by atoms with Crippen LogP contribution < -0.4 is 5.73 Å². The summed E-state index contributed by atoms with van der Waals surface area (Å²) >= 11 is 0. The summed E-state index contributed by atoms with van der Waals surface area (Å²) in [5.74, 6) is -2.55. The fourth-order valence-electron chi connectivity index (χ4n) is 2.45. The first-order valence-electron chi connectivity index (χ1n) is 7.71. The molecular formula is C15H23F2N3O3. The third-order valence-electron chi connectivity index (χ3n) is 3.75. The zero-order valence-corrected chi connectivity index (χ0v) is 13.7. The highest BCUT2D eigenvalue weighted by Crippen LogP contribution is 2.41. The third kappa shape index (κ3) is 4.95. The first kappa shape index (κ1) is 17.8. The molecule has 0 bridgehead atoms. The number of ether oxygens (including phenoxy) is 1. The first-order chi connectivity index (χ1) is 10.5. The molecular weight excluding hydrogens is 308 g/mol. The molecule has 0 amide bonds. The molecule has 0 unspecified atom stereocenters. The number of aromatic nitrogens is 2. The average Bonchev–Trinajstić information content (AvgIpc) is 2.88. The Labute approximate surface area is 133 Å². The SMILES string of the molecule is CC(C)(C)OC(=O)CCc1nc(C2(N)CCC(F)(F)CC2)no1. The van der Waals surface area contributed by atoms with Crippen molar-refractivity contribution in [3.05, 3.63) is 11.7 Å². The van der Waals surface area contributed by atoms with Crippen LogP contribution in [0, 0.1) is 0 Å². The van der Waals surface area contributed by atoms with Crippen molar-refractivity contribution in [1.82, 2.24) is 10.1 Å². The smallest absolute Gasteiger partial charge is 0.306 e. The fraction of sp³-hybridized carbons (Fsp3) is 0.800. The molecule has 130 valence electrons. The highest BCUT2D eigenvalue weighted by molar-refractivity contribution is 5.70. The van der Waals surface area contributed by atoms with E-state index >= 15 is 0 Å². The van der Waals surface area contributed by atoms with Crippen molar-refractivity contribution in [2.45, 2.75) is 76.4 Å². The zero-order chi connectivity index (χ0) is 17.3. The number of aryl methyl sites for hydroxylation is 1. The van der Waals surface area contributed by atoms with E-state index in [2.05, 4.69) is 10.1 Å². The van der Waals surface area contributed by atoms with Crippen LogP contribution in [-0.2, 0) is 21.5 Å². The molecule has 0 saturated heterocycles. The predicted molar refractivity (Wildman–Crippen MR) is 77.7 cm³/mol. The van der Waals surface area contributed by atoms with Crippen molar-refractivity contribution in [2.75, 3.05) is 0 Å². The molecule has 2 N–H and O–H groups in total. The van der Waals surface area contributed by atoms with E-state index < -0.39 is 17.1 Å². The highest BCUT2D eigenvalue weighted by Gasteiger charge is 2.44. The number of rotatable bonds is 4. The summed E-state index contributed by atoms with van der Waals surface area (Å²) in [4.78, 5) is 15.8. The summed E-state index contributed by atoms with van der Waals surface area (Å²) in [6, 6.07) is 0. The molecule has 1 fully saturated rings. The minimum atomic E-state index is -2.67. The topological polar surface area (TPSA) is 91.2 Å². The summed E-state index contributed by atoms with van der Waals surface area (Å²) in [6.07, 6.45) is -0.0324. The number of esters is 1. The van der Waals surface area contributed by atoms with Gasteiger partial charge in [0.25, 0.3) is 0 Å². The van der Waals surface area contributed by atoms with Gasteiger partial charge in [0.1, 0.15) is 5.60 Å². The molecule has 1 aliphatic carbocycles. The Morgan fingerprint density at radius 3 is 2.48 bits per heavy atom. The van der Waals surface area contributed by atoms with E-state index in [1.165, 1.54) is 0 Å². The van der Waals surface area contributed by atoms with Crippen LogP contribution in [0.4, 0.5) is 8.78 Å². The van der Waals surface area contributed by atoms with E-state index in [9.17, 15) is 13.6 Å². The zero-order valence-electron chi connectivity index (χ0n) is 13.7. The maximum Gasteiger partial charge on any atom is 0.306 e. The number of hydrogen-bond donors (Lipinski definition) is 1. The van der Waals surface area contributed by atoms with Gasteiger partial charge in [-0.15, -0.1) is 0 Å². The van der Waals surface area contributed by atoms with Crippen molar-refractivity contribution in [3.63, 3.8) is 0 Å². The minimum absolute atomic E-state index is 0.102. The number of halogens is 2. The maximum atomic E-state index is 13.2. The summed E-state index contributed by atoms with van der Waals surface area (Å²) in [5.41, 5.74) is 4.60. The number of hydrogen-bond acceptors (Lipinski definition) is 6. The molecule has 1 aliphatic rings. The van der Waals surface area contributed by atoms with E-state index in [0.29, 0.717) is 0 Å². The number of alkyl halides is 2. The van der Waals surface area contributed by atoms with Gasteiger partial charge in [0.15, 0.2) is 5.82 Å². The molecule has 0 radical (unpaired) electrons. The Balaban J connectivity index is 1.92. The molecule has 1 aromatic rings. The second-order valence-corrected chi connectivity index (χ2v) is 7.11. The van der Waals surface area contributed by atoms with E-state index in [4.69, 9.17) is 15.0 Å². The molecule has 0 aromatic carbocycles. The van der Waals surface area contributed by atoms with Crippen molar-refractivity contribution in [3.8, 4) is 0 Å². The van der Waals surface area contributed by atoms with E-state index in [-0.39, 0.29) is 56.2 Å². The van der Waals surface area contributed by atoms with Gasteiger partial charge in [-0.3, -0.25) is 4.79 Å². The second kappa shape index (κ2) is 6.14. The fourth-order valence-corrected chi connectivity index (χ4v) is 2.45.